The van der Waals surface area contributed by atoms with Gasteiger partial charge in [0.25, 0.3) is 11.9 Å². The molecule has 0 radical (unpaired) electrons. The summed E-state index contributed by atoms with van der Waals surface area (Å²) in [5, 5.41) is 4.32. The number of ether oxygens (including phenoxy) is 1. The fourth-order valence-electron chi connectivity index (χ4n) is 2.96. The highest BCUT2D eigenvalue weighted by atomic mass is 35.5. The van der Waals surface area contributed by atoms with Crippen molar-refractivity contribution in [2.45, 2.75) is 17.9 Å². The number of hydrogen-bond acceptors (Lipinski definition) is 8. The van der Waals surface area contributed by atoms with Gasteiger partial charge in [0.2, 0.25) is 0 Å². The SMILES string of the molecule is COCCN(C(=O)c1cc(Cl)cc(S(C)(=O)=O)c1)C(C)c1ncnn1-c1ncccn1. The third-order valence-corrected chi connectivity index (χ3v) is 5.81. The summed E-state index contributed by atoms with van der Waals surface area (Å²) in [7, 11) is -2.03. The van der Waals surface area contributed by atoms with Gasteiger partial charge in [-0.25, -0.2) is 23.4 Å². The Morgan fingerprint density at radius 2 is 1.94 bits per heavy atom. The largest absolute Gasteiger partial charge is 0.383 e. The molecule has 31 heavy (non-hydrogen) atoms. The van der Waals surface area contributed by atoms with E-state index < -0.39 is 21.8 Å². The van der Waals surface area contributed by atoms with E-state index >= 15 is 0 Å². The van der Waals surface area contributed by atoms with Crippen LogP contribution in [-0.4, -0.2) is 70.5 Å². The van der Waals surface area contributed by atoms with Crippen molar-refractivity contribution in [2.24, 2.45) is 0 Å². The zero-order chi connectivity index (χ0) is 22.6. The summed E-state index contributed by atoms with van der Waals surface area (Å²) >= 11 is 6.09. The lowest BCUT2D eigenvalue weighted by molar-refractivity contribution is 0.0605. The summed E-state index contributed by atoms with van der Waals surface area (Å²) in [6.45, 7) is 2.25. The number of amides is 1. The minimum absolute atomic E-state index is 0.0384. The van der Waals surface area contributed by atoms with E-state index in [2.05, 4.69) is 20.1 Å². The van der Waals surface area contributed by atoms with Gasteiger partial charge in [0.15, 0.2) is 15.7 Å². The molecule has 0 N–H and O–H groups in total. The van der Waals surface area contributed by atoms with E-state index in [1.807, 2.05) is 0 Å². The van der Waals surface area contributed by atoms with E-state index in [0.29, 0.717) is 11.8 Å². The molecule has 10 nitrogen and oxygen atoms in total. The Labute approximate surface area is 184 Å². The van der Waals surface area contributed by atoms with Crippen molar-refractivity contribution in [3.8, 4) is 5.95 Å². The van der Waals surface area contributed by atoms with Gasteiger partial charge >= 0.3 is 0 Å². The molecule has 2 heterocycles. The first-order valence-electron chi connectivity index (χ1n) is 9.20. The molecule has 1 amide bonds. The molecule has 3 rings (SSSR count). The van der Waals surface area contributed by atoms with E-state index in [0.717, 1.165) is 6.26 Å². The number of carbonyl (C=O) groups excluding carboxylic acids is 1. The van der Waals surface area contributed by atoms with Gasteiger partial charge in [-0.15, -0.1) is 0 Å². The zero-order valence-corrected chi connectivity index (χ0v) is 18.7. The Hall–Kier alpha value is -2.89. The Balaban J connectivity index is 2.01. The van der Waals surface area contributed by atoms with Crippen LogP contribution in [0.15, 0.2) is 47.9 Å². The quantitative estimate of drug-likeness (QED) is 0.496. The van der Waals surface area contributed by atoms with Crippen molar-refractivity contribution >= 4 is 27.3 Å². The minimum Gasteiger partial charge on any atom is -0.383 e. The first kappa shape index (κ1) is 22.8. The predicted molar refractivity (Wildman–Crippen MR) is 113 cm³/mol. The number of benzene rings is 1. The van der Waals surface area contributed by atoms with Gasteiger partial charge in [0.1, 0.15) is 6.33 Å². The number of rotatable bonds is 8. The monoisotopic (exact) mass is 464 g/mol. The molecule has 0 bridgehead atoms. The molecule has 3 aromatic rings. The smallest absolute Gasteiger partial charge is 0.254 e. The topological polar surface area (TPSA) is 120 Å². The molecule has 0 aliphatic carbocycles. The van der Waals surface area contributed by atoms with Gasteiger partial charge < -0.3 is 9.64 Å². The van der Waals surface area contributed by atoms with Crippen LogP contribution in [-0.2, 0) is 14.6 Å². The van der Waals surface area contributed by atoms with Crippen LogP contribution in [0.1, 0.15) is 29.1 Å². The lowest BCUT2D eigenvalue weighted by Crippen LogP contribution is -2.37. The lowest BCUT2D eigenvalue weighted by atomic mass is 10.1. The van der Waals surface area contributed by atoms with E-state index in [1.165, 1.54) is 41.2 Å². The number of halogens is 1. The van der Waals surface area contributed by atoms with E-state index in [9.17, 15) is 13.2 Å². The molecule has 0 saturated heterocycles. The second-order valence-corrected chi connectivity index (χ2v) is 9.15. The van der Waals surface area contributed by atoms with Crippen LogP contribution in [0, 0.1) is 0 Å². The van der Waals surface area contributed by atoms with Gasteiger partial charge in [-0.3, -0.25) is 4.79 Å². The average Bonchev–Trinajstić information content (AvgIpc) is 3.23. The first-order chi connectivity index (χ1) is 14.7. The fraction of sp³-hybridized carbons (Fsp3) is 0.316. The maximum absolute atomic E-state index is 13.4. The third-order valence-electron chi connectivity index (χ3n) is 4.50. The number of sulfone groups is 1. The second-order valence-electron chi connectivity index (χ2n) is 6.69. The molecule has 1 aromatic carbocycles. The third kappa shape index (κ3) is 5.24. The molecule has 0 saturated carbocycles. The van der Waals surface area contributed by atoms with E-state index in [4.69, 9.17) is 16.3 Å². The summed E-state index contributed by atoms with van der Waals surface area (Å²) in [6.07, 6.45) is 5.55. The summed E-state index contributed by atoms with van der Waals surface area (Å²) in [5.74, 6) is 0.310. The highest BCUT2D eigenvalue weighted by molar-refractivity contribution is 7.90. The molecular formula is C19H21ClN6O4S. The molecule has 2 aromatic heterocycles. The Bertz CT molecular complexity index is 1170. The maximum Gasteiger partial charge on any atom is 0.254 e. The Kier molecular flexibility index (Phi) is 6.98. The molecule has 12 heteroatoms. The van der Waals surface area contributed by atoms with Crippen molar-refractivity contribution in [1.82, 2.24) is 29.6 Å². The number of methoxy groups -OCH3 is 1. The summed E-state index contributed by atoms with van der Waals surface area (Å²) in [6, 6.07) is 5.16. The molecule has 0 aliphatic rings. The van der Waals surface area contributed by atoms with Crippen LogP contribution < -0.4 is 0 Å². The molecule has 0 aliphatic heterocycles. The Morgan fingerprint density at radius 1 is 1.23 bits per heavy atom. The molecule has 164 valence electrons. The average molecular weight is 465 g/mol. The van der Waals surface area contributed by atoms with Crippen LogP contribution in [0.2, 0.25) is 5.02 Å². The molecule has 0 fully saturated rings. The predicted octanol–water partition coefficient (Wildman–Crippen LogP) is 1.96. The highest BCUT2D eigenvalue weighted by Crippen LogP contribution is 2.25. The van der Waals surface area contributed by atoms with E-state index in [1.54, 1.807) is 25.4 Å². The number of aromatic nitrogens is 5. The fourth-order valence-corrected chi connectivity index (χ4v) is 3.94. The zero-order valence-electron chi connectivity index (χ0n) is 17.1. The molecule has 1 atom stereocenters. The van der Waals surface area contributed by atoms with Gasteiger partial charge in [0.05, 0.1) is 17.5 Å². The van der Waals surface area contributed by atoms with Crippen molar-refractivity contribution in [3.63, 3.8) is 0 Å². The minimum atomic E-state index is -3.55. The van der Waals surface area contributed by atoms with Gasteiger partial charge in [-0.2, -0.15) is 9.78 Å². The molecule has 0 spiro atoms. The van der Waals surface area contributed by atoms with E-state index in [-0.39, 0.29) is 28.6 Å². The summed E-state index contributed by atoms with van der Waals surface area (Å²) in [5.41, 5.74) is 0.137. The molecular weight excluding hydrogens is 444 g/mol. The maximum atomic E-state index is 13.4. The van der Waals surface area contributed by atoms with Gasteiger partial charge in [-0.05, 0) is 31.2 Å². The first-order valence-corrected chi connectivity index (χ1v) is 11.5. The standard InChI is InChI=1S/C19H21ClN6O4S/c1-13(17-23-12-24-26(17)19-21-5-4-6-22-19)25(7-8-30-2)18(27)14-9-15(20)11-16(10-14)31(3,28)29/h4-6,9-13H,7-8H2,1-3H3. The molecule has 1 unspecified atom stereocenters. The number of hydrogen-bond donors (Lipinski definition) is 0. The highest BCUT2D eigenvalue weighted by Gasteiger charge is 2.28. The van der Waals surface area contributed by atoms with Gasteiger partial charge in [0, 0.05) is 42.9 Å². The van der Waals surface area contributed by atoms with Crippen molar-refractivity contribution in [2.75, 3.05) is 26.5 Å². The van der Waals surface area contributed by atoms with Crippen LogP contribution in [0.3, 0.4) is 0 Å². The number of nitrogens with zero attached hydrogens (tertiary/aromatic N) is 6. The summed E-state index contributed by atoms with van der Waals surface area (Å²) in [4.78, 5) is 27.5. The second kappa shape index (κ2) is 9.50. The van der Waals surface area contributed by atoms with Crippen molar-refractivity contribution in [3.05, 3.63) is 59.4 Å². The van der Waals surface area contributed by atoms with Crippen LogP contribution in [0.25, 0.3) is 5.95 Å². The van der Waals surface area contributed by atoms with Crippen LogP contribution >= 0.6 is 11.6 Å². The summed E-state index contributed by atoms with van der Waals surface area (Å²) < 4.78 is 30.6. The van der Waals surface area contributed by atoms with Gasteiger partial charge in [-0.1, -0.05) is 11.6 Å². The number of carbonyl (C=O) groups is 1. The lowest BCUT2D eigenvalue weighted by Gasteiger charge is -2.28. The van der Waals surface area contributed by atoms with Crippen molar-refractivity contribution in [1.29, 1.82) is 0 Å². The van der Waals surface area contributed by atoms with Crippen LogP contribution in [0.4, 0.5) is 0 Å². The normalized spacial score (nSPS) is 12.5. The van der Waals surface area contributed by atoms with Crippen molar-refractivity contribution < 1.29 is 17.9 Å². The Morgan fingerprint density at radius 3 is 2.58 bits per heavy atom. The van der Waals surface area contributed by atoms with Crippen LogP contribution in [0.5, 0.6) is 0 Å².